The lowest BCUT2D eigenvalue weighted by Gasteiger charge is -2.36. The van der Waals surface area contributed by atoms with Crippen LogP contribution in [0.15, 0.2) is 0 Å². The second-order valence-electron chi connectivity index (χ2n) is 3.82. The molecule has 0 spiro atoms. The van der Waals surface area contributed by atoms with E-state index in [0.29, 0.717) is 13.1 Å². The van der Waals surface area contributed by atoms with E-state index < -0.39 is 0 Å². The van der Waals surface area contributed by atoms with Gasteiger partial charge in [0, 0.05) is 19.6 Å². The highest BCUT2D eigenvalue weighted by atomic mass is 16.5. The fourth-order valence-electron chi connectivity index (χ4n) is 1.76. The molecular weight excluding hydrogens is 170 g/mol. The van der Waals surface area contributed by atoms with Crippen molar-refractivity contribution in [2.75, 3.05) is 26.2 Å². The maximum Gasteiger partial charge on any atom is 0.0936 e. The molecule has 0 aromatic rings. The Morgan fingerprint density at radius 1 is 1.54 bits per heavy atom. The minimum absolute atomic E-state index is 0.0562. The topological polar surface area (TPSA) is 52.9 Å². The van der Waals surface area contributed by atoms with E-state index in [1.807, 2.05) is 6.92 Å². The van der Waals surface area contributed by atoms with Gasteiger partial charge in [0.05, 0.1) is 24.9 Å². The summed E-state index contributed by atoms with van der Waals surface area (Å²) in [7, 11) is 0. The van der Waals surface area contributed by atoms with Crippen molar-refractivity contribution in [3.63, 3.8) is 0 Å². The van der Waals surface area contributed by atoms with E-state index in [4.69, 9.17) is 9.84 Å². The highest BCUT2D eigenvalue weighted by molar-refractivity contribution is 4.76. The van der Waals surface area contributed by atoms with Crippen LogP contribution in [0.5, 0.6) is 0 Å². The zero-order valence-electron chi connectivity index (χ0n) is 8.31. The van der Waals surface area contributed by atoms with Crippen LogP contribution in [0, 0.1) is 0 Å². The zero-order valence-corrected chi connectivity index (χ0v) is 8.31. The number of rotatable bonds is 3. The summed E-state index contributed by atoms with van der Waals surface area (Å²) in [5.41, 5.74) is 0. The maximum absolute atomic E-state index is 9.20. The molecule has 4 heteroatoms. The van der Waals surface area contributed by atoms with Crippen LogP contribution in [-0.2, 0) is 4.74 Å². The minimum atomic E-state index is -0.315. The maximum atomic E-state index is 9.20. The molecule has 1 heterocycles. The third-order valence-electron chi connectivity index (χ3n) is 2.13. The molecule has 1 rings (SSSR count). The molecule has 1 saturated heterocycles. The number of hydrogen-bond donors (Lipinski definition) is 2. The predicted molar refractivity (Wildman–Crippen MR) is 49.5 cm³/mol. The normalized spacial score (nSPS) is 33.2. The summed E-state index contributed by atoms with van der Waals surface area (Å²) in [6, 6.07) is 0. The van der Waals surface area contributed by atoms with Gasteiger partial charge in [-0.1, -0.05) is 0 Å². The largest absolute Gasteiger partial charge is 0.394 e. The van der Waals surface area contributed by atoms with Crippen molar-refractivity contribution in [3.8, 4) is 0 Å². The Morgan fingerprint density at radius 3 is 2.77 bits per heavy atom. The molecule has 0 amide bonds. The molecule has 0 saturated carbocycles. The summed E-state index contributed by atoms with van der Waals surface area (Å²) >= 11 is 0. The molecular formula is C9H19NO3. The summed E-state index contributed by atoms with van der Waals surface area (Å²) in [6.07, 6.45) is -0.267. The molecule has 13 heavy (non-hydrogen) atoms. The van der Waals surface area contributed by atoms with Gasteiger partial charge >= 0.3 is 0 Å². The van der Waals surface area contributed by atoms with Gasteiger partial charge in [-0.05, 0) is 13.8 Å². The first-order valence-corrected chi connectivity index (χ1v) is 4.78. The molecule has 1 aliphatic heterocycles. The molecule has 1 fully saturated rings. The molecule has 78 valence electrons. The predicted octanol–water partition coefficient (Wildman–Crippen LogP) is -0.551. The number of β-amino-alcohol motifs (C(OH)–C–C–N with tert-alkyl or cyclic N) is 1. The Bertz CT molecular complexity index is 150. The Balaban J connectivity index is 2.37. The summed E-state index contributed by atoms with van der Waals surface area (Å²) in [4.78, 5) is 2.12. The second-order valence-corrected chi connectivity index (χ2v) is 3.82. The molecule has 4 nitrogen and oxygen atoms in total. The Morgan fingerprint density at radius 2 is 2.23 bits per heavy atom. The van der Waals surface area contributed by atoms with Crippen LogP contribution in [-0.4, -0.2) is 59.7 Å². The van der Waals surface area contributed by atoms with Gasteiger partial charge in [-0.3, -0.25) is 4.90 Å². The van der Waals surface area contributed by atoms with E-state index in [9.17, 15) is 5.11 Å². The Hall–Kier alpha value is -0.160. The third kappa shape index (κ3) is 3.60. The Labute approximate surface area is 79.1 Å². The summed E-state index contributed by atoms with van der Waals surface area (Å²) < 4.78 is 5.47. The lowest BCUT2D eigenvalue weighted by molar-refractivity contribution is -0.100. The van der Waals surface area contributed by atoms with Gasteiger partial charge in [-0.2, -0.15) is 0 Å². The quantitative estimate of drug-likeness (QED) is 0.625. The molecule has 2 N–H and O–H groups in total. The van der Waals surface area contributed by atoms with Crippen molar-refractivity contribution in [2.24, 2.45) is 0 Å². The van der Waals surface area contributed by atoms with Crippen molar-refractivity contribution in [2.45, 2.75) is 32.2 Å². The van der Waals surface area contributed by atoms with E-state index in [2.05, 4.69) is 4.90 Å². The standard InChI is InChI=1S/C9H19NO3/c1-7(12)3-10-4-8(2)13-9(5-10)6-11/h7-9,11-12H,3-6H2,1-2H3. The fraction of sp³-hybridized carbons (Fsp3) is 1.00. The third-order valence-corrected chi connectivity index (χ3v) is 2.13. The highest BCUT2D eigenvalue weighted by Gasteiger charge is 2.24. The van der Waals surface area contributed by atoms with Gasteiger partial charge in [0.25, 0.3) is 0 Å². The molecule has 3 unspecified atom stereocenters. The van der Waals surface area contributed by atoms with E-state index in [-0.39, 0.29) is 24.9 Å². The highest BCUT2D eigenvalue weighted by Crippen LogP contribution is 2.10. The number of nitrogens with zero attached hydrogens (tertiary/aromatic N) is 1. The van der Waals surface area contributed by atoms with Crippen molar-refractivity contribution in [3.05, 3.63) is 0 Å². The van der Waals surface area contributed by atoms with E-state index in [1.165, 1.54) is 0 Å². The molecule has 0 aromatic heterocycles. The van der Waals surface area contributed by atoms with Crippen LogP contribution in [0.2, 0.25) is 0 Å². The first-order chi connectivity index (χ1) is 6.11. The average Bonchev–Trinajstić information content (AvgIpc) is 2.01. The summed E-state index contributed by atoms with van der Waals surface area (Å²) in [5.74, 6) is 0. The summed E-state index contributed by atoms with van der Waals surface area (Å²) in [5, 5.41) is 18.2. The van der Waals surface area contributed by atoms with E-state index >= 15 is 0 Å². The van der Waals surface area contributed by atoms with Crippen LogP contribution < -0.4 is 0 Å². The fourth-order valence-corrected chi connectivity index (χ4v) is 1.76. The van der Waals surface area contributed by atoms with Crippen molar-refractivity contribution in [1.82, 2.24) is 4.90 Å². The van der Waals surface area contributed by atoms with Gasteiger partial charge in [-0.25, -0.2) is 0 Å². The SMILES string of the molecule is CC(O)CN1CC(C)OC(CO)C1. The van der Waals surface area contributed by atoms with E-state index in [1.54, 1.807) is 6.92 Å². The second kappa shape index (κ2) is 4.91. The molecule has 0 aliphatic carbocycles. The van der Waals surface area contributed by atoms with Gasteiger partial charge in [-0.15, -0.1) is 0 Å². The van der Waals surface area contributed by atoms with Crippen molar-refractivity contribution in [1.29, 1.82) is 0 Å². The first kappa shape index (κ1) is 10.9. The number of aliphatic hydroxyl groups excluding tert-OH is 2. The van der Waals surface area contributed by atoms with Crippen LogP contribution in [0.1, 0.15) is 13.8 Å². The monoisotopic (exact) mass is 189 g/mol. The van der Waals surface area contributed by atoms with Crippen LogP contribution in [0.3, 0.4) is 0 Å². The van der Waals surface area contributed by atoms with Gasteiger partial charge in [0.1, 0.15) is 0 Å². The Kier molecular flexibility index (Phi) is 4.12. The van der Waals surface area contributed by atoms with Crippen LogP contribution in [0.4, 0.5) is 0 Å². The minimum Gasteiger partial charge on any atom is -0.394 e. The molecule has 0 bridgehead atoms. The number of aliphatic hydroxyl groups is 2. The molecule has 1 aliphatic rings. The average molecular weight is 189 g/mol. The van der Waals surface area contributed by atoms with E-state index in [0.717, 1.165) is 6.54 Å². The lowest BCUT2D eigenvalue weighted by atomic mass is 10.2. The number of hydrogen-bond acceptors (Lipinski definition) is 4. The lowest BCUT2D eigenvalue weighted by Crippen LogP contribution is -2.49. The first-order valence-electron chi connectivity index (χ1n) is 4.78. The van der Waals surface area contributed by atoms with Crippen LogP contribution in [0.25, 0.3) is 0 Å². The zero-order chi connectivity index (χ0) is 9.84. The van der Waals surface area contributed by atoms with Gasteiger partial charge in [0.15, 0.2) is 0 Å². The summed E-state index contributed by atoms with van der Waals surface area (Å²) in [6.45, 7) is 6.02. The number of morpholine rings is 1. The van der Waals surface area contributed by atoms with Crippen molar-refractivity contribution < 1.29 is 14.9 Å². The molecule has 3 atom stereocenters. The van der Waals surface area contributed by atoms with Crippen LogP contribution >= 0.6 is 0 Å². The molecule has 0 radical (unpaired) electrons. The van der Waals surface area contributed by atoms with Crippen molar-refractivity contribution >= 4 is 0 Å². The van der Waals surface area contributed by atoms with Gasteiger partial charge in [0.2, 0.25) is 0 Å². The van der Waals surface area contributed by atoms with Gasteiger partial charge < -0.3 is 14.9 Å². The molecule has 0 aromatic carbocycles. The number of ether oxygens (including phenoxy) is 1. The smallest absolute Gasteiger partial charge is 0.0936 e.